The molecule has 0 aromatic carbocycles. The summed E-state index contributed by atoms with van der Waals surface area (Å²) in [6.45, 7) is 1.66. The fraction of sp³-hybridized carbons (Fsp3) is 0.375. The van der Waals surface area contributed by atoms with Gasteiger partial charge in [0, 0.05) is 31.4 Å². The number of terminal acetylenes is 1. The number of hydrogen-bond acceptors (Lipinski definition) is 2. The molecule has 0 spiro atoms. The SMILES string of the molecule is C#CCCNCc1ccn[nH]1. The molecule has 0 saturated heterocycles. The Morgan fingerprint density at radius 3 is 3.27 bits per heavy atom. The quantitative estimate of drug-likeness (QED) is 0.484. The maximum Gasteiger partial charge on any atom is 0.0490 e. The number of hydrogen-bond donors (Lipinski definition) is 2. The molecule has 1 rings (SSSR count). The van der Waals surface area contributed by atoms with E-state index < -0.39 is 0 Å². The van der Waals surface area contributed by atoms with Gasteiger partial charge >= 0.3 is 0 Å². The van der Waals surface area contributed by atoms with Gasteiger partial charge in [0.15, 0.2) is 0 Å². The first-order chi connectivity index (χ1) is 5.43. The van der Waals surface area contributed by atoms with Gasteiger partial charge in [0.25, 0.3) is 0 Å². The van der Waals surface area contributed by atoms with Crippen molar-refractivity contribution in [2.75, 3.05) is 6.54 Å². The van der Waals surface area contributed by atoms with Gasteiger partial charge in [-0.15, -0.1) is 12.3 Å². The van der Waals surface area contributed by atoms with E-state index in [1.54, 1.807) is 6.20 Å². The third-order valence-electron chi connectivity index (χ3n) is 1.32. The summed E-state index contributed by atoms with van der Waals surface area (Å²) in [7, 11) is 0. The fourth-order valence-corrected chi connectivity index (χ4v) is 0.767. The number of nitrogens with one attached hydrogen (secondary N) is 2. The molecule has 0 saturated carbocycles. The number of rotatable bonds is 4. The van der Waals surface area contributed by atoms with E-state index in [0.717, 1.165) is 25.2 Å². The second-order valence-electron chi connectivity index (χ2n) is 2.21. The van der Waals surface area contributed by atoms with Gasteiger partial charge < -0.3 is 5.32 Å². The third-order valence-corrected chi connectivity index (χ3v) is 1.32. The van der Waals surface area contributed by atoms with Crippen LogP contribution in [0.15, 0.2) is 12.3 Å². The zero-order valence-corrected chi connectivity index (χ0v) is 6.30. The molecule has 0 unspecified atom stereocenters. The Morgan fingerprint density at radius 2 is 2.64 bits per heavy atom. The summed E-state index contributed by atoms with van der Waals surface area (Å²) in [4.78, 5) is 0. The smallest absolute Gasteiger partial charge is 0.0490 e. The second kappa shape index (κ2) is 4.53. The van der Waals surface area contributed by atoms with Crippen LogP contribution in [-0.2, 0) is 6.54 Å². The molecule has 0 amide bonds. The van der Waals surface area contributed by atoms with E-state index >= 15 is 0 Å². The highest BCUT2D eigenvalue weighted by molar-refractivity contribution is 4.96. The molecule has 0 bridgehead atoms. The minimum atomic E-state index is 0.772. The Bertz CT molecular complexity index is 220. The lowest BCUT2D eigenvalue weighted by atomic mass is 10.4. The zero-order chi connectivity index (χ0) is 7.94. The summed E-state index contributed by atoms with van der Waals surface area (Å²) >= 11 is 0. The van der Waals surface area contributed by atoms with Crippen molar-refractivity contribution in [3.8, 4) is 12.3 Å². The first kappa shape index (κ1) is 7.83. The second-order valence-corrected chi connectivity index (χ2v) is 2.21. The van der Waals surface area contributed by atoms with E-state index in [9.17, 15) is 0 Å². The molecule has 0 radical (unpaired) electrons. The maximum absolute atomic E-state index is 5.08. The van der Waals surface area contributed by atoms with Gasteiger partial charge in [0.1, 0.15) is 0 Å². The van der Waals surface area contributed by atoms with Crippen LogP contribution in [0.3, 0.4) is 0 Å². The van der Waals surface area contributed by atoms with Gasteiger partial charge in [-0.3, -0.25) is 5.10 Å². The first-order valence-electron chi connectivity index (χ1n) is 3.56. The molecular formula is C8H11N3. The number of aromatic amines is 1. The lowest BCUT2D eigenvalue weighted by Gasteiger charge is -1.97. The van der Waals surface area contributed by atoms with Crippen molar-refractivity contribution in [2.24, 2.45) is 0 Å². The average Bonchev–Trinajstić information content (AvgIpc) is 2.50. The summed E-state index contributed by atoms with van der Waals surface area (Å²) in [5.74, 6) is 2.56. The largest absolute Gasteiger partial charge is 0.310 e. The van der Waals surface area contributed by atoms with Crippen molar-refractivity contribution < 1.29 is 0 Å². The minimum Gasteiger partial charge on any atom is -0.310 e. The molecule has 3 heteroatoms. The van der Waals surface area contributed by atoms with Crippen molar-refractivity contribution >= 4 is 0 Å². The highest BCUT2D eigenvalue weighted by atomic mass is 15.1. The van der Waals surface area contributed by atoms with Crippen molar-refractivity contribution in [3.05, 3.63) is 18.0 Å². The predicted molar refractivity (Wildman–Crippen MR) is 43.7 cm³/mol. The molecular weight excluding hydrogens is 138 g/mol. The van der Waals surface area contributed by atoms with Gasteiger partial charge in [-0.1, -0.05) is 0 Å². The van der Waals surface area contributed by atoms with E-state index in [-0.39, 0.29) is 0 Å². The van der Waals surface area contributed by atoms with Crippen LogP contribution in [0.5, 0.6) is 0 Å². The van der Waals surface area contributed by atoms with Crippen molar-refractivity contribution in [2.45, 2.75) is 13.0 Å². The third kappa shape index (κ3) is 2.87. The van der Waals surface area contributed by atoms with E-state index in [0.29, 0.717) is 0 Å². The monoisotopic (exact) mass is 149 g/mol. The Hall–Kier alpha value is -1.27. The molecule has 0 aliphatic carbocycles. The molecule has 1 aromatic heterocycles. The molecule has 0 aliphatic rings. The van der Waals surface area contributed by atoms with E-state index in [4.69, 9.17) is 6.42 Å². The van der Waals surface area contributed by atoms with Crippen LogP contribution in [0, 0.1) is 12.3 Å². The molecule has 1 aromatic rings. The topological polar surface area (TPSA) is 40.7 Å². The van der Waals surface area contributed by atoms with Crippen LogP contribution >= 0.6 is 0 Å². The summed E-state index contributed by atoms with van der Waals surface area (Å²) in [5.41, 5.74) is 1.09. The number of aromatic nitrogens is 2. The van der Waals surface area contributed by atoms with Crippen molar-refractivity contribution in [3.63, 3.8) is 0 Å². The van der Waals surface area contributed by atoms with Crippen LogP contribution in [0.25, 0.3) is 0 Å². The van der Waals surface area contributed by atoms with Gasteiger partial charge in [0.2, 0.25) is 0 Å². The molecule has 0 atom stereocenters. The Labute approximate surface area is 66.2 Å². The van der Waals surface area contributed by atoms with Crippen molar-refractivity contribution in [1.29, 1.82) is 0 Å². The first-order valence-corrected chi connectivity index (χ1v) is 3.56. The lowest BCUT2D eigenvalue weighted by Crippen LogP contribution is -2.14. The van der Waals surface area contributed by atoms with Crippen molar-refractivity contribution in [1.82, 2.24) is 15.5 Å². The van der Waals surface area contributed by atoms with Gasteiger partial charge in [-0.2, -0.15) is 5.10 Å². The molecule has 0 fully saturated rings. The van der Waals surface area contributed by atoms with Crippen LogP contribution in [0.4, 0.5) is 0 Å². The van der Waals surface area contributed by atoms with Crippen LogP contribution < -0.4 is 5.32 Å². The van der Waals surface area contributed by atoms with E-state index in [1.165, 1.54) is 0 Å². The Balaban J connectivity index is 2.10. The Morgan fingerprint density at radius 1 is 1.73 bits per heavy atom. The molecule has 1 heterocycles. The summed E-state index contributed by atoms with van der Waals surface area (Å²) < 4.78 is 0. The zero-order valence-electron chi connectivity index (χ0n) is 6.30. The lowest BCUT2D eigenvalue weighted by molar-refractivity contribution is 0.685. The molecule has 11 heavy (non-hydrogen) atoms. The van der Waals surface area contributed by atoms with Crippen LogP contribution in [0.1, 0.15) is 12.1 Å². The summed E-state index contributed by atoms with van der Waals surface area (Å²) in [6, 6.07) is 1.93. The molecule has 0 aliphatic heterocycles. The summed E-state index contributed by atoms with van der Waals surface area (Å²) in [6.07, 6.45) is 7.58. The number of nitrogens with zero attached hydrogens (tertiary/aromatic N) is 1. The normalized spacial score (nSPS) is 9.36. The molecule has 2 N–H and O–H groups in total. The highest BCUT2D eigenvalue weighted by Gasteiger charge is 1.90. The van der Waals surface area contributed by atoms with E-state index in [2.05, 4.69) is 21.4 Å². The summed E-state index contributed by atoms with van der Waals surface area (Å²) in [5, 5.41) is 9.84. The van der Waals surface area contributed by atoms with Crippen LogP contribution in [0.2, 0.25) is 0 Å². The Kier molecular flexibility index (Phi) is 3.23. The molecule has 3 nitrogen and oxygen atoms in total. The maximum atomic E-state index is 5.08. The number of H-pyrrole nitrogens is 1. The van der Waals surface area contributed by atoms with Crippen LogP contribution in [-0.4, -0.2) is 16.7 Å². The average molecular weight is 149 g/mol. The highest BCUT2D eigenvalue weighted by Crippen LogP contribution is 1.88. The minimum absolute atomic E-state index is 0.772. The van der Waals surface area contributed by atoms with Gasteiger partial charge in [-0.25, -0.2) is 0 Å². The molecule has 58 valence electrons. The van der Waals surface area contributed by atoms with E-state index in [1.807, 2.05) is 6.07 Å². The predicted octanol–water partition coefficient (Wildman–Crippen LogP) is 0.523. The standard InChI is InChI=1S/C8H11N3/c1-2-3-5-9-7-8-4-6-10-11-8/h1,4,6,9H,3,5,7H2,(H,10,11). The fourth-order valence-electron chi connectivity index (χ4n) is 0.767. The van der Waals surface area contributed by atoms with Gasteiger partial charge in [-0.05, 0) is 6.07 Å². The van der Waals surface area contributed by atoms with Gasteiger partial charge in [0.05, 0.1) is 0 Å².